The monoisotopic (exact) mass is 346 g/mol. The van der Waals surface area contributed by atoms with Gasteiger partial charge in [-0.1, -0.05) is 6.07 Å². The summed E-state index contributed by atoms with van der Waals surface area (Å²) in [7, 11) is 1.62. The molecule has 1 aliphatic rings. The molecule has 0 spiro atoms. The predicted octanol–water partition coefficient (Wildman–Crippen LogP) is 3.03. The summed E-state index contributed by atoms with van der Waals surface area (Å²) in [6.07, 6.45) is 0. The minimum absolute atomic E-state index is 0.373. The van der Waals surface area contributed by atoms with Crippen LogP contribution in [0.4, 0.5) is 11.5 Å². The van der Waals surface area contributed by atoms with Crippen molar-refractivity contribution in [2.75, 3.05) is 42.3 Å². The Labute approximate surface area is 146 Å². The van der Waals surface area contributed by atoms with E-state index in [9.17, 15) is 0 Å². The number of ether oxygens (including phenoxy) is 2. The Bertz CT molecular complexity index is 733. The quantitative estimate of drug-likeness (QED) is 0.912. The van der Waals surface area contributed by atoms with E-state index in [1.165, 1.54) is 0 Å². The van der Waals surface area contributed by atoms with Crippen LogP contribution in [0.15, 0.2) is 18.2 Å². The van der Waals surface area contributed by atoms with E-state index in [2.05, 4.69) is 14.9 Å². The summed E-state index contributed by atoms with van der Waals surface area (Å²) in [6.45, 7) is 5.71. The van der Waals surface area contributed by atoms with E-state index in [0.717, 1.165) is 36.0 Å². The van der Waals surface area contributed by atoms with Gasteiger partial charge in [0.05, 0.1) is 7.11 Å². The minimum Gasteiger partial charge on any atom is -0.493 e. The summed E-state index contributed by atoms with van der Waals surface area (Å²) in [5.74, 6) is 5.16. The van der Waals surface area contributed by atoms with Crippen LogP contribution in [0.3, 0.4) is 0 Å². The summed E-state index contributed by atoms with van der Waals surface area (Å²) >= 11 is 1.94. The summed E-state index contributed by atoms with van der Waals surface area (Å²) in [4.78, 5) is 11.1. The normalized spacial score (nSPS) is 14.5. The van der Waals surface area contributed by atoms with Gasteiger partial charge in [-0.05, 0) is 31.5 Å². The molecule has 7 heteroatoms. The number of nitrogens with zero attached hydrogens (tertiary/aromatic N) is 3. The van der Waals surface area contributed by atoms with Crippen LogP contribution in [0.25, 0.3) is 0 Å². The standard InChI is InChI=1S/C17H22N4O2S/c1-11-4-5-13(14(10-11)22-3)23-17-15(18)16(19-12(2)20-17)21-6-8-24-9-7-21/h4-5,10H,6-9,18H2,1-3H3. The number of anilines is 2. The Morgan fingerprint density at radius 3 is 2.58 bits per heavy atom. The summed E-state index contributed by atoms with van der Waals surface area (Å²) in [5.41, 5.74) is 7.88. The molecule has 1 aliphatic heterocycles. The third-order valence-electron chi connectivity index (χ3n) is 3.84. The molecule has 0 bridgehead atoms. The van der Waals surface area contributed by atoms with Crippen molar-refractivity contribution < 1.29 is 9.47 Å². The second-order valence-electron chi connectivity index (χ2n) is 5.67. The lowest BCUT2D eigenvalue weighted by molar-refractivity contribution is 0.374. The summed E-state index contributed by atoms with van der Waals surface area (Å²) in [5, 5.41) is 0. The second-order valence-corrected chi connectivity index (χ2v) is 6.89. The molecule has 1 aromatic heterocycles. The van der Waals surface area contributed by atoms with Gasteiger partial charge in [0.2, 0.25) is 5.88 Å². The number of rotatable bonds is 4. The van der Waals surface area contributed by atoms with Crippen molar-refractivity contribution in [3.05, 3.63) is 29.6 Å². The fourth-order valence-corrected chi connectivity index (χ4v) is 3.50. The highest BCUT2D eigenvalue weighted by Crippen LogP contribution is 2.37. The van der Waals surface area contributed by atoms with Crippen molar-refractivity contribution in [2.24, 2.45) is 0 Å². The molecule has 6 nitrogen and oxygen atoms in total. The fraction of sp³-hybridized carbons (Fsp3) is 0.412. The number of aromatic nitrogens is 2. The van der Waals surface area contributed by atoms with Crippen molar-refractivity contribution in [2.45, 2.75) is 13.8 Å². The van der Waals surface area contributed by atoms with Crippen LogP contribution in [0.1, 0.15) is 11.4 Å². The number of aryl methyl sites for hydroxylation is 2. The Morgan fingerprint density at radius 1 is 1.12 bits per heavy atom. The second kappa shape index (κ2) is 7.17. The fourth-order valence-electron chi connectivity index (χ4n) is 2.60. The molecule has 1 fully saturated rings. The SMILES string of the molecule is COc1cc(C)ccc1Oc1nc(C)nc(N2CCSCC2)c1N. The van der Waals surface area contributed by atoms with E-state index in [-0.39, 0.29) is 0 Å². The van der Waals surface area contributed by atoms with Crippen molar-refractivity contribution >= 4 is 23.3 Å². The third kappa shape index (κ3) is 3.51. The van der Waals surface area contributed by atoms with E-state index >= 15 is 0 Å². The Hall–Kier alpha value is -2.15. The van der Waals surface area contributed by atoms with E-state index in [1.807, 2.05) is 43.8 Å². The zero-order chi connectivity index (χ0) is 17.1. The Balaban J connectivity index is 1.95. The number of benzene rings is 1. The maximum atomic E-state index is 6.31. The molecule has 0 saturated carbocycles. The Morgan fingerprint density at radius 2 is 1.88 bits per heavy atom. The average molecular weight is 346 g/mol. The molecule has 128 valence electrons. The summed E-state index contributed by atoms with van der Waals surface area (Å²) in [6, 6.07) is 5.75. The van der Waals surface area contributed by atoms with Gasteiger partial charge in [-0.3, -0.25) is 0 Å². The molecule has 0 radical (unpaired) electrons. The first-order valence-corrected chi connectivity index (χ1v) is 9.03. The molecule has 0 atom stereocenters. The van der Waals surface area contributed by atoms with Gasteiger partial charge in [0.1, 0.15) is 11.5 Å². The predicted molar refractivity (Wildman–Crippen MR) is 98.5 cm³/mol. The molecule has 1 aromatic carbocycles. The van der Waals surface area contributed by atoms with Crippen LogP contribution in [0.5, 0.6) is 17.4 Å². The number of nitrogens with two attached hydrogens (primary N) is 1. The molecule has 24 heavy (non-hydrogen) atoms. The number of thioether (sulfide) groups is 1. The van der Waals surface area contributed by atoms with Crippen LogP contribution in [-0.4, -0.2) is 41.7 Å². The first-order valence-electron chi connectivity index (χ1n) is 7.88. The van der Waals surface area contributed by atoms with Gasteiger partial charge in [0.15, 0.2) is 17.3 Å². The number of nitrogen functional groups attached to an aromatic ring is 1. The van der Waals surface area contributed by atoms with E-state index in [0.29, 0.717) is 28.9 Å². The highest BCUT2D eigenvalue weighted by Gasteiger charge is 2.20. The first kappa shape index (κ1) is 16.7. The molecule has 0 amide bonds. The lowest BCUT2D eigenvalue weighted by Gasteiger charge is -2.28. The molecule has 2 heterocycles. The lowest BCUT2D eigenvalue weighted by Crippen LogP contribution is -2.34. The molecule has 0 unspecified atom stereocenters. The van der Waals surface area contributed by atoms with E-state index in [1.54, 1.807) is 7.11 Å². The van der Waals surface area contributed by atoms with Gasteiger partial charge in [-0.2, -0.15) is 16.7 Å². The van der Waals surface area contributed by atoms with Gasteiger partial charge in [0, 0.05) is 24.6 Å². The van der Waals surface area contributed by atoms with Crippen molar-refractivity contribution in [1.29, 1.82) is 0 Å². The van der Waals surface area contributed by atoms with E-state index < -0.39 is 0 Å². The van der Waals surface area contributed by atoms with Gasteiger partial charge in [0.25, 0.3) is 0 Å². The van der Waals surface area contributed by atoms with Crippen LogP contribution < -0.4 is 20.1 Å². The molecule has 1 saturated heterocycles. The number of methoxy groups -OCH3 is 1. The maximum absolute atomic E-state index is 6.31. The highest BCUT2D eigenvalue weighted by atomic mass is 32.2. The zero-order valence-corrected chi connectivity index (χ0v) is 15.0. The van der Waals surface area contributed by atoms with Crippen LogP contribution in [0, 0.1) is 13.8 Å². The van der Waals surface area contributed by atoms with Gasteiger partial charge >= 0.3 is 0 Å². The lowest BCUT2D eigenvalue weighted by atomic mass is 10.2. The summed E-state index contributed by atoms with van der Waals surface area (Å²) < 4.78 is 11.4. The Kier molecular flexibility index (Phi) is 4.99. The topological polar surface area (TPSA) is 73.5 Å². The van der Waals surface area contributed by atoms with Crippen molar-refractivity contribution in [3.8, 4) is 17.4 Å². The molecule has 2 N–H and O–H groups in total. The van der Waals surface area contributed by atoms with Crippen LogP contribution in [0.2, 0.25) is 0 Å². The number of hydrogen-bond donors (Lipinski definition) is 1. The molecule has 3 rings (SSSR count). The molecule has 2 aromatic rings. The molecular weight excluding hydrogens is 324 g/mol. The van der Waals surface area contributed by atoms with Crippen LogP contribution >= 0.6 is 11.8 Å². The maximum Gasteiger partial charge on any atom is 0.248 e. The van der Waals surface area contributed by atoms with Gasteiger partial charge < -0.3 is 20.1 Å². The highest BCUT2D eigenvalue weighted by molar-refractivity contribution is 7.99. The first-order chi connectivity index (χ1) is 11.6. The van der Waals surface area contributed by atoms with Gasteiger partial charge in [-0.15, -0.1) is 0 Å². The largest absolute Gasteiger partial charge is 0.493 e. The molecular formula is C17H22N4O2S. The molecule has 0 aliphatic carbocycles. The van der Waals surface area contributed by atoms with Crippen molar-refractivity contribution in [1.82, 2.24) is 9.97 Å². The van der Waals surface area contributed by atoms with E-state index in [4.69, 9.17) is 15.2 Å². The van der Waals surface area contributed by atoms with Crippen LogP contribution in [-0.2, 0) is 0 Å². The third-order valence-corrected chi connectivity index (χ3v) is 4.78. The zero-order valence-electron chi connectivity index (χ0n) is 14.2. The van der Waals surface area contributed by atoms with Gasteiger partial charge in [-0.25, -0.2) is 4.98 Å². The van der Waals surface area contributed by atoms with Crippen molar-refractivity contribution in [3.63, 3.8) is 0 Å². The number of hydrogen-bond acceptors (Lipinski definition) is 7. The minimum atomic E-state index is 0.373. The average Bonchev–Trinajstić information content (AvgIpc) is 2.60. The smallest absolute Gasteiger partial charge is 0.248 e.